The molecule has 96 heavy (non-hydrogen) atoms. The Hall–Kier alpha value is -1.94. The molecule has 0 aliphatic carbocycles. The third-order valence-electron chi connectivity index (χ3n) is 18.2. The van der Waals surface area contributed by atoms with Crippen molar-refractivity contribution < 1.29 is 80.2 Å². The van der Waals surface area contributed by atoms with Gasteiger partial charge in [-0.05, 0) is 49.4 Å². The number of carbonyl (C=O) groups is 4. The van der Waals surface area contributed by atoms with Crippen molar-refractivity contribution in [3.8, 4) is 0 Å². The molecular formula is C77H150O17P2. The fourth-order valence-corrected chi connectivity index (χ4v) is 13.3. The van der Waals surface area contributed by atoms with Gasteiger partial charge in [-0.15, -0.1) is 0 Å². The van der Waals surface area contributed by atoms with Crippen molar-refractivity contribution in [3.63, 3.8) is 0 Å². The zero-order valence-electron chi connectivity index (χ0n) is 63.0. The molecule has 0 aromatic rings. The van der Waals surface area contributed by atoms with E-state index in [4.69, 9.17) is 37.0 Å². The van der Waals surface area contributed by atoms with Gasteiger partial charge in [-0.2, -0.15) is 0 Å². The largest absolute Gasteiger partial charge is 0.472 e. The van der Waals surface area contributed by atoms with E-state index in [0.29, 0.717) is 31.6 Å². The molecule has 0 saturated carbocycles. The number of ether oxygens (including phenoxy) is 4. The smallest absolute Gasteiger partial charge is 0.462 e. The minimum atomic E-state index is -4.96. The van der Waals surface area contributed by atoms with Gasteiger partial charge in [-0.1, -0.05) is 338 Å². The number of phosphoric ester groups is 2. The van der Waals surface area contributed by atoms with E-state index in [0.717, 1.165) is 114 Å². The lowest BCUT2D eigenvalue weighted by atomic mass is 9.99. The number of phosphoric acid groups is 2. The van der Waals surface area contributed by atoms with Gasteiger partial charge in [0, 0.05) is 25.7 Å². The summed E-state index contributed by atoms with van der Waals surface area (Å²) in [4.78, 5) is 72.8. The zero-order valence-corrected chi connectivity index (χ0v) is 64.8. The van der Waals surface area contributed by atoms with Crippen molar-refractivity contribution in [1.82, 2.24) is 0 Å². The second-order valence-corrected chi connectivity index (χ2v) is 32.3. The number of esters is 4. The minimum absolute atomic E-state index is 0.104. The molecule has 0 aliphatic heterocycles. The van der Waals surface area contributed by atoms with Crippen LogP contribution >= 0.6 is 15.6 Å². The van der Waals surface area contributed by atoms with E-state index in [1.807, 2.05) is 0 Å². The van der Waals surface area contributed by atoms with E-state index in [1.165, 1.54) is 186 Å². The van der Waals surface area contributed by atoms with Gasteiger partial charge >= 0.3 is 39.5 Å². The Bertz CT molecular complexity index is 1890. The van der Waals surface area contributed by atoms with Crippen molar-refractivity contribution in [1.29, 1.82) is 0 Å². The lowest BCUT2D eigenvalue weighted by molar-refractivity contribution is -0.161. The van der Waals surface area contributed by atoms with Gasteiger partial charge < -0.3 is 33.8 Å². The van der Waals surface area contributed by atoms with Gasteiger partial charge in [0.2, 0.25) is 0 Å². The number of hydrogen-bond acceptors (Lipinski definition) is 15. The molecule has 3 N–H and O–H groups in total. The average Bonchev–Trinajstić information content (AvgIpc) is 1.19. The monoisotopic (exact) mass is 1410 g/mol. The summed E-state index contributed by atoms with van der Waals surface area (Å²) >= 11 is 0. The molecule has 17 nitrogen and oxygen atoms in total. The predicted molar refractivity (Wildman–Crippen MR) is 391 cm³/mol. The first-order chi connectivity index (χ1) is 46.1. The second kappa shape index (κ2) is 66.3. The SMILES string of the molecule is CCC(C)CCCCCCCCCCC(=O)O[C@H](COC(=O)CCCCCCCCC(C)C)COP(=O)(O)OC[C@H](O)COP(=O)(O)OC[C@@H](COC(=O)CCCCCCCCCCCCCCCCCC(C)C)OC(=O)CCCCCCCCCCCCCCCCC(C)C. The standard InChI is InChI=1S/C77H150O17P2/c1-9-70(8)56-48-40-31-27-28-34-44-52-60-77(82)94-73(64-88-75(80)58-50-42-36-35-39-47-55-69(6)7)66-92-96(85,86)90-62-71(78)61-89-95(83,84)91-65-72(93-76(81)59-51-43-33-26-22-18-14-13-16-20-24-30-38-46-54-68(4)5)63-87-74(79)57-49-41-32-25-21-17-12-10-11-15-19-23-29-37-45-53-67(2)3/h67-73,78H,9-66H2,1-8H3,(H,83,84)(H,85,86)/t70?,71-,72-,73-/m1/s1. The van der Waals surface area contributed by atoms with Crippen LogP contribution in [0.4, 0.5) is 0 Å². The van der Waals surface area contributed by atoms with Crippen LogP contribution < -0.4 is 0 Å². The molecule has 0 amide bonds. The number of rotatable bonds is 74. The molecule has 6 atom stereocenters. The number of aliphatic hydroxyl groups is 1. The molecule has 19 heteroatoms. The summed E-state index contributed by atoms with van der Waals surface area (Å²) in [5.74, 6) is 0.928. The maximum Gasteiger partial charge on any atom is 0.472 e. The van der Waals surface area contributed by atoms with Gasteiger partial charge in [0.1, 0.15) is 19.3 Å². The summed E-state index contributed by atoms with van der Waals surface area (Å²) in [6.07, 6.45) is 51.5. The van der Waals surface area contributed by atoms with Crippen LogP contribution in [0.3, 0.4) is 0 Å². The van der Waals surface area contributed by atoms with Crippen LogP contribution in [-0.2, 0) is 65.4 Å². The van der Waals surface area contributed by atoms with E-state index >= 15 is 0 Å². The summed E-state index contributed by atoms with van der Waals surface area (Å²) in [6, 6.07) is 0. The maximum absolute atomic E-state index is 13.1. The lowest BCUT2D eigenvalue weighted by Crippen LogP contribution is -2.30. The van der Waals surface area contributed by atoms with E-state index in [1.54, 1.807) is 0 Å². The zero-order chi connectivity index (χ0) is 71.0. The molecule has 570 valence electrons. The van der Waals surface area contributed by atoms with Crippen LogP contribution in [0.1, 0.15) is 389 Å². The maximum atomic E-state index is 13.1. The van der Waals surface area contributed by atoms with Gasteiger partial charge in [-0.25, -0.2) is 9.13 Å². The second-order valence-electron chi connectivity index (χ2n) is 29.4. The summed E-state index contributed by atoms with van der Waals surface area (Å²) in [5.41, 5.74) is 0. The molecule has 0 heterocycles. The van der Waals surface area contributed by atoms with Crippen molar-refractivity contribution >= 4 is 39.5 Å². The molecule has 0 bridgehead atoms. The minimum Gasteiger partial charge on any atom is -0.462 e. The van der Waals surface area contributed by atoms with Crippen LogP contribution in [0.2, 0.25) is 0 Å². The van der Waals surface area contributed by atoms with Gasteiger partial charge in [0.05, 0.1) is 26.4 Å². The predicted octanol–water partition coefficient (Wildman–Crippen LogP) is 22.4. The van der Waals surface area contributed by atoms with Crippen molar-refractivity contribution in [3.05, 3.63) is 0 Å². The molecule has 0 radical (unpaired) electrons. The highest BCUT2D eigenvalue weighted by Gasteiger charge is 2.30. The fourth-order valence-electron chi connectivity index (χ4n) is 11.7. The highest BCUT2D eigenvalue weighted by molar-refractivity contribution is 7.47. The summed E-state index contributed by atoms with van der Waals surface area (Å²) in [7, 11) is -9.91. The highest BCUT2D eigenvalue weighted by atomic mass is 31.2. The van der Waals surface area contributed by atoms with E-state index in [2.05, 4.69) is 55.4 Å². The normalized spacial score (nSPS) is 14.4. The third kappa shape index (κ3) is 69.2. The molecule has 0 aliphatic rings. The topological polar surface area (TPSA) is 237 Å². The first-order valence-corrected chi connectivity index (χ1v) is 42.7. The number of hydrogen-bond donors (Lipinski definition) is 3. The van der Waals surface area contributed by atoms with E-state index in [9.17, 15) is 43.2 Å². The van der Waals surface area contributed by atoms with Gasteiger partial charge in [0.15, 0.2) is 12.2 Å². The van der Waals surface area contributed by atoms with Crippen molar-refractivity contribution in [2.75, 3.05) is 39.6 Å². The van der Waals surface area contributed by atoms with Crippen molar-refractivity contribution in [2.24, 2.45) is 23.7 Å². The molecule has 0 aromatic carbocycles. The van der Waals surface area contributed by atoms with Crippen LogP contribution in [-0.4, -0.2) is 96.7 Å². The van der Waals surface area contributed by atoms with Crippen LogP contribution in [0, 0.1) is 23.7 Å². The Labute approximate surface area is 588 Å². The van der Waals surface area contributed by atoms with Crippen molar-refractivity contribution in [2.45, 2.75) is 408 Å². The quantitative estimate of drug-likeness (QED) is 0.0222. The Morgan fingerprint density at radius 2 is 0.500 bits per heavy atom. The molecule has 0 saturated heterocycles. The van der Waals surface area contributed by atoms with Gasteiger partial charge in [0.25, 0.3) is 0 Å². The lowest BCUT2D eigenvalue weighted by Gasteiger charge is -2.21. The molecule has 0 aromatic heterocycles. The first kappa shape index (κ1) is 94.1. The molecule has 0 rings (SSSR count). The first-order valence-electron chi connectivity index (χ1n) is 39.7. The van der Waals surface area contributed by atoms with Crippen LogP contribution in [0.5, 0.6) is 0 Å². The average molecular weight is 1410 g/mol. The number of aliphatic hydroxyl groups excluding tert-OH is 1. The highest BCUT2D eigenvalue weighted by Crippen LogP contribution is 2.45. The van der Waals surface area contributed by atoms with E-state index in [-0.39, 0.29) is 25.7 Å². The summed E-state index contributed by atoms with van der Waals surface area (Å²) in [5, 5.41) is 10.6. The van der Waals surface area contributed by atoms with Crippen LogP contribution in [0.25, 0.3) is 0 Å². The Morgan fingerprint density at radius 1 is 0.292 bits per heavy atom. The Morgan fingerprint density at radius 3 is 0.740 bits per heavy atom. The number of unbranched alkanes of at least 4 members (excludes halogenated alkanes) is 39. The third-order valence-corrected chi connectivity index (χ3v) is 20.1. The molecule has 3 unspecified atom stereocenters. The summed E-state index contributed by atoms with van der Waals surface area (Å²) in [6.45, 7) is 14.2. The molecule has 0 fully saturated rings. The fraction of sp³-hybridized carbons (Fsp3) is 0.948. The molecular weight excluding hydrogens is 1260 g/mol. The Balaban J connectivity index is 5.23. The van der Waals surface area contributed by atoms with Crippen LogP contribution in [0.15, 0.2) is 0 Å². The Kier molecular flexibility index (Phi) is 65.0. The van der Waals surface area contributed by atoms with E-state index < -0.39 is 97.5 Å². The van der Waals surface area contributed by atoms with Gasteiger partial charge in [-0.3, -0.25) is 37.3 Å². The number of carbonyl (C=O) groups excluding carboxylic acids is 4. The summed E-state index contributed by atoms with van der Waals surface area (Å²) < 4.78 is 68.5. The molecule has 0 spiro atoms.